The number of nitrogens with one attached hydrogen (secondary N) is 1. The summed E-state index contributed by atoms with van der Waals surface area (Å²) in [6.45, 7) is 2.94. The van der Waals surface area contributed by atoms with Crippen molar-refractivity contribution in [1.29, 1.82) is 0 Å². The summed E-state index contributed by atoms with van der Waals surface area (Å²) in [5.74, 6) is 0.896. The normalized spacial score (nSPS) is 12.9. The molecule has 1 atom stereocenters. The molecule has 16 heavy (non-hydrogen) atoms. The van der Waals surface area contributed by atoms with Crippen LogP contribution in [-0.4, -0.2) is 6.54 Å². The van der Waals surface area contributed by atoms with Crippen molar-refractivity contribution in [3.63, 3.8) is 0 Å². The second-order valence-corrected chi connectivity index (χ2v) is 5.80. The molecule has 0 aliphatic heterocycles. The van der Waals surface area contributed by atoms with Gasteiger partial charge in [-0.1, -0.05) is 18.5 Å². The minimum absolute atomic E-state index is 0.0776. The highest BCUT2D eigenvalue weighted by Crippen LogP contribution is 2.32. The number of furan rings is 1. The Morgan fingerprint density at radius 3 is 2.75 bits per heavy atom. The fourth-order valence-corrected chi connectivity index (χ4v) is 2.98. The molecule has 86 valence electrons. The lowest BCUT2D eigenvalue weighted by atomic mass is 10.2. The standard InChI is InChI=1S/C11H11BrClNOS/c1-2-14-11(7-3-5-9(12)15-7)8-4-6-10(13)16-8/h3-6,11,14H,2H2,1H3. The van der Waals surface area contributed by atoms with Crippen molar-refractivity contribution in [2.75, 3.05) is 6.54 Å². The van der Waals surface area contributed by atoms with Crippen molar-refractivity contribution in [1.82, 2.24) is 5.32 Å². The van der Waals surface area contributed by atoms with E-state index >= 15 is 0 Å². The highest BCUT2D eigenvalue weighted by atomic mass is 79.9. The second kappa shape index (κ2) is 5.36. The van der Waals surface area contributed by atoms with E-state index in [1.807, 2.05) is 24.3 Å². The zero-order chi connectivity index (χ0) is 11.5. The molecule has 2 aromatic heterocycles. The van der Waals surface area contributed by atoms with Gasteiger partial charge in [0.15, 0.2) is 4.67 Å². The predicted molar refractivity (Wildman–Crippen MR) is 71.3 cm³/mol. The highest BCUT2D eigenvalue weighted by molar-refractivity contribution is 9.10. The first kappa shape index (κ1) is 12.2. The first-order valence-electron chi connectivity index (χ1n) is 4.94. The van der Waals surface area contributed by atoms with Gasteiger partial charge in [-0.05, 0) is 46.7 Å². The lowest BCUT2D eigenvalue weighted by molar-refractivity contribution is 0.440. The quantitative estimate of drug-likeness (QED) is 0.900. The smallest absolute Gasteiger partial charge is 0.169 e. The summed E-state index contributed by atoms with van der Waals surface area (Å²) >= 11 is 10.8. The van der Waals surface area contributed by atoms with Crippen molar-refractivity contribution in [3.8, 4) is 0 Å². The minimum Gasteiger partial charge on any atom is -0.452 e. The first-order chi connectivity index (χ1) is 7.70. The van der Waals surface area contributed by atoms with Crippen LogP contribution in [0.5, 0.6) is 0 Å². The van der Waals surface area contributed by atoms with Crippen LogP contribution in [0.15, 0.2) is 33.4 Å². The molecule has 0 radical (unpaired) electrons. The number of hydrogen-bond donors (Lipinski definition) is 1. The van der Waals surface area contributed by atoms with Gasteiger partial charge in [0.05, 0.1) is 4.34 Å². The van der Waals surface area contributed by atoms with Crippen LogP contribution >= 0.6 is 38.9 Å². The van der Waals surface area contributed by atoms with Gasteiger partial charge in [0, 0.05) is 4.88 Å². The Morgan fingerprint density at radius 1 is 1.44 bits per heavy atom. The molecule has 2 nitrogen and oxygen atoms in total. The average Bonchev–Trinajstić information content (AvgIpc) is 2.84. The lowest BCUT2D eigenvalue weighted by Gasteiger charge is -2.13. The molecule has 0 aromatic carbocycles. The van der Waals surface area contributed by atoms with E-state index in [0.717, 1.165) is 26.2 Å². The SMILES string of the molecule is CCNC(c1ccc(Br)o1)c1ccc(Cl)s1. The minimum atomic E-state index is 0.0776. The van der Waals surface area contributed by atoms with Gasteiger partial charge in [-0.3, -0.25) is 0 Å². The monoisotopic (exact) mass is 319 g/mol. The average molecular weight is 321 g/mol. The molecule has 0 saturated carbocycles. The number of thiophene rings is 1. The van der Waals surface area contributed by atoms with Crippen LogP contribution in [0.1, 0.15) is 23.6 Å². The van der Waals surface area contributed by atoms with Crippen LogP contribution < -0.4 is 5.32 Å². The zero-order valence-electron chi connectivity index (χ0n) is 8.67. The van der Waals surface area contributed by atoms with Crippen molar-refractivity contribution in [2.24, 2.45) is 0 Å². The van der Waals surface area contributed by atoms with Gasteiger partial charge in [0.2, 0.25) is 0 Å². The third-order valence-corrected chi connectivity index (χ3v) is 3.89. The molecule has 2 rings (SSSR count). The molecule has 0 amide bonds. The van der Waals surface area contributed by atoms with Crippen molar-refractivity contribution in [2.45, 2.75) is 13.0 Å². The Balaban J connectivity index is 2.30. The maximum absolute atomic E-state index is 5.95. The molecule has 0 bridgehead atoms. The zero-order valence-corrected chi connectivity index (χ0v) is 11.8. The van der Waals surface area contributed by atoms with Crippen LogP contribution in [0.4, 0.5) is 0 Å². The maximum Gasteiger partial charge on any atom is 0.169 e. The van der Waals surface area contributed by atoms with E-state index < -0.39 is 0 Å². The van der Waals surface area contributed by atoms with Crippen LogP contribution in [0.3, 0.4) is 0 Å². The number of halogens is 2. The fraction of sp³-hybridized carbons (Fsp3) is 0.273. The van der Waals surface area contributed by atoms with Crippen molar-refractivity contribution < 1.29 is 4.42 Å². The summed E-state index contributed by atoms with van der Waals surface area (Å²) < 4.78 is 7.12. The maximum atomic E-state index is 5.95. The predicted octanol–water partition coefficient (Wildman–Crippen LogP) is 4.46. The Bertz CT molecular complexity index is 428. The Labute approximate surface area is 112 Å². The van der Waals surface area contributed by atoms with Gasteiger partial charge >= 0.3 is 0 Å². The molecule has 2 aromatic rings. The van der Waals surface area contributed by atoms with Crippen LogP contribution in [0, 0.1) is 0 Å². The van der Waals surface area contributed by atoms with E-state index in [2.05, 4.69) is 28.2 Å². The molecule has 1 N–H and O–H groups in total. The molecular formula is C11H11BrClNOS. The van der Waals surface area contributed by atoms with Gasteiger partial charge < -0.3 is 9.73 Å². The summed E-state index contributed by atoms with van der Waals surface area (Å²) in [7, 11) is 0. The molecule has 0 saturated heterocycles. The van der Waals surface area contributed by atoms with Gasteiger partial charge in [-0.15, -0.1) is 11.3 Å². The molecule has 2 heterocycles. The molecule has 0 spiro atoms. The molecule has 0 aliphatic rings. The topological polar surface area (TPSA) is 25.2 Å². The summed E-state index contributed by atoms with van der Waals surface area (Å²) in [6, 6.07) is 7.87. The fourth-order valence-electron chi connectivity index (χ4n) is 1.51. The van der Waals surface area contributed by atoms with E-state index in [-0.39, 0.29) is 6.04 Å². The van der Waals surface area contributed by atoms with E-state index in [1.54, 1.807) is 11.3 Å². The van der Waals surface area contributed by atoms with Crippen molar-refractivity contribution >= 4 is 38.9 Å². The third kappa shape index (κ3) is 2.69. The third-order valence-electron chi connectivity index (χ3n) is 2.17. The summed E-state index contributed by atoms with van der Waals surface area (Å²) in [5.41, 5.74) is 0. The Hall–Kier alpha value is -0.290. The first-order valence-corrected chi connectivity index (χ1v) is 6.93. The molecule has 0 fully saturated rings. The van der Waals surface area contributed by atoms with Crippen LogP contribution in [0.25, 0.3) is 0 Å². The molecular weight excluding hydrogens is 310 g/mol. The van der Waals surface area contributed by atoms with Crippen molar-refractivity contribution in [3.05, 3.63) is 43.9 Å². The highest BCUT2D eigenvalue weighted by Gasteiger charge is 2.18. The van der Waals surface area contributed by atoms with Gasteiger partial charge in [0.25, 0.3) is 0 Å². The summed E-state index contributed by atoms with van der Waals surface area (Å²) in [5, 5.41) is 3.38. The summed E-state index contributed by atoms with van der Waals surface area (Å²) in [6.07, 6.45) is 0. The van der Waals surface area contributed by atoms with E-state index in [1.165, 1.54) is 0 Å². The van der Waals surface area contributed by atoms with Crippen LogP contribution in [-0.2, 0) is 0 Å². The second-order valence-electron chi connectivity index (χ2n) is 3.27. The lowest BCUT2D eigenvalue weighted by Crippen LogP contribution is -2.20. The molecule has 0 aliphatic carbocycles. The Kier molecular flexibility index (Phi) is 4.08. The van der Waals surface area contributed by atoms with Gasteiger partial charge in [-0.25, -0.2) is 0 Å². The van der Waals surface area contributed by atoms with E-state index in [9.17, 15) is 0 Å². The molecule has 1 unspecified atom stereocenters. The van der Waals surface area contributed by atoms with E-state index in [0.29, 0.717) is 0 Å². The number of rotatable bonds is 4. The number of hydrogen-bond acceptors (Lipinski definition) is 3. The molecule has 5 heteroatoms. The van der Waals surface area contributed by atoms with E-state index in [4.69, 9.17) is 16.0 Å². The summed E-state index contributed by atoms with van der Waals surface area (Å²) in [4.78, 5) is 1.16. The van der Waals surface area contributed by atoms with Gasteiger partial charge in [0.1, 0.15) is 11.8 Å². The van der Waals surface area contributed by atoms with Gasteiger partial charge in [-0.2, -0.15) is 0 Å². The Morgan fingerprint density at radius 2 is 2.25 bits per heavy atom. The van der Waals surface area contributed by atoms with Crippen LogP contribution in [0.2, 0.25) is 4.34 Å². The largest absolute Gasteiger partial charge is 0.452 e.